The van der Waals surface area contributed by atoms with Crippen LogP contribution in [0, 0.1) is 0 Å². The molecular formula is C22H25BrN4O3. The largest absolute Gasteiger partial charge is 0.393 e. The first-order valence-corrected chi connectivity index (χ1v) is 10.7. The molecule has 1 fully saturated rings. The molecular weight excluding hydrogens is 448 g/mol. The van der Waals surface area contributed by atoms with Gasteiger partial charge in [0.15, 0.2) is 0 Å². The van der Waals surface area contributed by atoms with Crippen molar-refractivity contribution in [2.24, 2.45) is 0 Å². The number of aliphatic hydroxyl groups is 1. The number of carbonyl (C=O) groups is 2. The van der Waals surface area contributed by atoms with Crippen LogP contribution in [-0.4, -0.2) is 40.6 Å². The Hall–Kier alpha value is -2.55. The lowest BCUT2D eigenvalue weighted by molar-refractivity contribution is -0.111. The number of pyridine rings is 1. The van der Waals surface area contributed by atoms with Crippen LogP contribution in [0.5, 0.6) is 0 Å². The zero-order valence-electron chi connectivity index (χ0n) is 16.5. The van der Waals surface area contributed by atoms with E-state index in [4.69, 9.17) is 0 Å². The van der Waals surface area contributed by atoms with E-state index in [9.17, 15) is 14.7 Å². The summed E-state index contributed by atoms with van der Waals surface area (Å²) in [4.78, 5) is 28.4. The minimum absolute atomic E-state index is 0.171. The molecule has 1 aromatic heterocycles. The topological polar surface area (TPSA) is 103 Å². The summed E-state index contributed by atoms with van der Waals surface area (Å²) in [6.07, 6.45) is 8.02. The number of amides is 2. The minimum atomic E-state index is -0.283. The Labute approximate surface area is 184 Å². The number of halogens is 1. The van der Waals surface area contributed by atoms with Crippen LogP contribution < -0.4 is 16.0 Å². The van der Waals surface area contributed by atoms with E-state index in [0.29, 0.717) is 29.7 Å². The van der Waals surface area contributed by atoms with Crippen LogP contribution in [0.1, 0.15) is 36.0 Å². The highest BCUT2D eigenvalue weighted by Crippen LogP contribution is 2.18. The maximum absolute atomic E-state index is 12.3. The molecule has 158 valence electrons. The molecule has 30 heavy (non-hydrogen) atoms. The number of aliphatic hydroxyl groups excluding tert-OH is 1. The standard InChI is InChI=1S/C22H25BrN4O3/c23-16-3-1-4-18(13-16)26-22(30)15-6-11-20(25-14-15)27-21(29)5-2-12-24-17-7-9-19(28)10-8-17/h1-6,11,13-14,17,19,24,28H,7-10,12H2,(H,26,30)(H,25,27,29)/b5-2+/t17-,19-. The van der Waals surface area contributed by atoms with Crippen molar-refractivity contribution < 1.29 is 14.7 Å². The lowest BCUT2D eigenvalue weighted by Gasteiger charge is -2.25. The normalized spacial score (nSPS) is 18.9. The number of aromatic nitrogens is 1. The number of benzene rings is 1. The van der Waals surface area contributed by atoms with Crippen LogP contribution in [0.25, 0.3) is 0 Å². The van der Waals surface area contributed by atoms with Crippen LogP contribution in [0.3, 0.4) is 0 Å². The molecule has 0 atom stereocenters. The van der Waals surface area contributed by atoms with Crippen molar-refractivity contribution in [1.82, 2.24) is 10.3 Å². The van der Waals surface area contributed by atoms with Crippen LogP contribution >= 0.6 is 15.9 Å². The number of carbonyl (C=O) groups excluding carboxylic acids is 2. The van der Waals surface area contributed by atoms with Gasteiger partial charge in [-0.1, -0.05) is 28.1 Å². The Morgan fingerprint density at radius 3 is 2.63 bits per heavy atom. The third kappa shape index (κ3) is 7.05. The van der Waals surface area contributed by atoms with Crippen molar-refractivity contribution in [1.29, 1.82) is 0 Å². The smallest absolute Gasteiger partial charge is 0.257 e. The maximum Gasteiger partial charge on any atom is 0.257 e. The predicted octanol–water partition coefficient (Wildman–Crippen LogP) is 3.48. The highest BCUT2D eigenvalue weighted by molar-refractivity contribution is 9.10. The van der Waals surface area contributed by atoms with E-state index in [1.54, 1.807) is 30.3 Å². The summed E-state index contributed by atoms with van der Waals surface area (Å²) in [5.74, 6) is -0.188. The molecule has 7 nitrogen and oxygen atoms in total. The van der Waals surface area contributed by atoms with Crippen molar-refractivity contribution in [2.75, 3.05) is 17.2 Å². The molecule has 3 rings (SSSR count). The summed E-state index contributed by atoms with van der Waals surface area (Å²) in [6, 6.07) is 10.9. The zero-order valence-corrected chi connectivity index (χ0v) is 18.1. The molecule has 0 bridgehead atoms. The van der Waals surface area contributed by atoms with E-state index in [1.165, 1.54) is 12.3 Å². The summed E-state index contributed by atoms with van der Waals surface area (Å²) in [6.45, 7) is 0.594. The second-order valence-electron chi connectivity index (χ2n) is 7.20. The summed E-state index contributed by atoms with van der Waals surface area (Å²) >= 11 is 3.36. The number of rotatable bonds is 7. The van der Waals surface area contributed by atoms with Gasteiger partial charge in [0.25, 0.3) is 5.91 Å². The Morgan fingerprint density at radius 2 is 1.93 bits per heavy atom. The van der Waals surface area contributed by atoms with E-state index in [1.807, 2.05) is 12.1 Å². The number of nitrogens with zero attached hydrogens (tertiary/aromatic N) is 1. The molecule has 8 heteroatoms. The van der Waals surface area contributed by atoms with Gasteiger partial charge in [-0.15, -0.1) is 0 Å². The van der Waals surface area contributed by atoms with Gasteiger partial charge in [0.2, 0.25) is 5.91 Å². The summed E-state index contributed by atoms with van der Waals surface area (Å²) in [5, 5.41) is 18.3. The summed E-state index contributed by atoms with van der Waals surface area (Å²) < 4.78 is 0.872. The lowest BCUT2D eigenvalue weighted by atomic mass is 9.93. The molecule has 1 aromatic carbocycles. The average Bonchev–Trinajstić information content (AvgIpc) is 2.73. The Kier molecular flexibility index (Phi) is 8.12. The molecule has 2 amide bonds. The summed E-state index contributed by atoms with van der Waals surface area (Å²) in [5.41, 5.74) is 1.07. The van der Waals surface area contributed by atoms with Gasteiger partial charge in [-0.25, -0.2) is 4.98 Å². The fourth-order valence-electron chi connectivity index (χ4n) is 3.22. The van der Waals surface area contributed by atoms with Gasteiger partial charge in [-0.05, 0) is 56.0 Å². The Morgan fingerprint density at radius 1 is 1.13 bits per heavy atom. The van der Waals surface area contributed by atoms with Crippen LogP contribution in [0.15, 0.2) is 59.2 Å². The van der Waals surface area contributed by atoms with E-state index in [-0.39, 0.29) is 17.9 Å². The van der Waals surface area contributed by atoms with E-state index >= 15 is 0 Å². The number of nitrogens with one attached hydrogen (secondary N) is 3. The zero-order chi connectivity index (χ0) is 21.3. The molecule has 0 unspecified atom stereocenters. The molecule has 4 N–H and O–H groups in total. The lowest BCUT2D eigenvalue weighted by Crippen LogP contribution is -2.34. The molecule has 0 saturated heterocycles. The molecule has 0 aliphatic heterocycles. The second kappa shape index (κ2) is 11.0. The monoisotopic (exact) mass is 472 g/mol. The maximum atomic E-state index is 12.3. The van der Waals surface area contributed by atoms with Gasteiger partial charge in [0.05, 0.1) is 11.7 Å². The van der Waals surface area contributed by atoms with Gasteiger partial charge in [-0.2, -0.15) is 0 Å². The Balaban J connectivity index is 1.43. The van der Waals surface area contributed by atoms with Crippen LogP contribution in [-0.2, 0) is 4.79 Å². The van der Waals surface area contributed by atoms with Crippen LogP contribution in [0.2, 0.25) is 0 Å². The first kappa shape index (κ1) is 22.1. The second-order valence-corrected chi connectivity index (χ2v) is 8.12. The number of hydrogen-bond donors (Lipinski definition) is 4. The van der Waals surface area contributed by atoms with Gasteiger partial charge >= 0.3 is 0 Å². The molecule has 2 aromatic rings. The molecule has 1 saturated carbocycles. The summed E-state index contributed by atoms with van der Waals surface area (Å²) in [7, 11) is 0. The van der Waals surface area contributed by atoms with E-state index < -0.39 is 0 Å². The number of anilines is 2. The first-order chi connectivity index (χ1) is 14.5. The highest BCUT2D eigenvalue weighted by atomic mass is 79.9. The first-order valence-electron chi connectivity index (χ1n) is 9.91. The van der Waals surface area contributed by atoms with Crippen molar-refractivity contribution in [2.45, 2.75) is 37.8 Å². The Bertz CT molecular complexity index is 894. The fourth-order valence-corrected chi connectivity index (χ4v) is 3.62. The van der Waals surface area contributed by atoms with Gasteiger partial charge < -0.3 is 21.1 Å². The average molecular weight is 473 g/mol. The molecule has 0 radical (unpaired) electrons. The highest BCUT2D eigenvalue weighted by Gasteiger charge is 2.18. The van der Waals surface area contributed by atoms with Crippen molar-refractivity contribution >= 4 is 39.2 Å². The molecule has 0 spiro atoms. The van der Waals surface area contributed by atoms with E-state index in [0.717, 1.165) is 30.2 Å². The van der Waals surface area contributed by atoms with Crippen molar-refractivity contribution in [3.05, 3.63) is 64.8 Å². The van der Waals surface area contributed by atoms with E-state index in [2.05, 4.69) is 36.9 Å². The van der Waals surface area contributed by atoms with Gasteiger partial charge in [0, 0.05) is 35.0 Å². The number of hydrogen-bond acceptors (Lipinski definition) is 5. The third-order valence-electron chi connectivity index (χ3n) is 4.85. The van der Waals surface area contributed by atoms with Crippen molar-refractivity contribution in [3.63, 3.8) is 0 Å². The third-order valence-corrected chi connectivity index (χ3v) is 5.34. The van der Waals surface area contributed by atoms with Crippen molar-refractivity contribution in [3.8, 4) is 0 Å². The SMILES string of the molecule is O=C(/C=C/CN[C@H]1CC[C@H](O)CC1)Nc1ccc(C(=O)Nc2cccc(Br)c2)cn1. The van der Waals surface area contributed by atoms with Gasteiger partial charge in [0.1, 0.15) is 5.82 Å². The fraction of sp³-hybridized carbons (Fsp3) is 0.318. The predicted molar refractivity (Wildman–Crippen MR) is 120 cm³/mol. The quantitative estimate of drug-likeness (QED) is 0.461. The molecule has 1 heterocycles. The molecule has 1 aliphatic carbocycles. The van der Waals surface area contributed by atoms with Gasteiger partial charge in [-0.3, -0.25) is 9.59 Å². The minimum Gasteiger partial charge on any atom is -0.393 e. The molecule has 1 aliphatic rings. The van der Waals surface area contributed by atoms with Crippen LogP contribution in [0.4, 0.5) is 11.5 Å².